The van der Waals surface area contributed by atoms with Crippen LogP contribution in [-0.2, 0) is 6.18 Å². The highest BCUT2D eigenvalue weighted by molar-refractivity contribution is 6.03. The number of pyridine rings is 2. The fourth-order valence-corrected chi connectivity index (χ4v) is 3.44. The second-order valence-corrected chi connectivity index (χ2v) is 7.23. The average molecular weight is 427 g/mol. The van der Waals surface area contributed by atoms with Gasteiger partial charge in [-0.1, -0.05) is 18.2 Å². The second kappa shape index (κ2) is 8.25. The number of nitrogens with zero attached hydrogens (tertiary/aromatic N) is 3. The molecule has 3 heterocycles. The first-order valence-corrected chi connectivity index (χ1v) is 9.77. The zero-order valence-electron chi connectivity index (χ0n) is 16.6. The molecule has 0 fully saturated rings. The Labute approximate surface area is 177 Å². The van der Waals surface area contributed by atoms with Crippen LogP contribution in [-0.4, -0.2) is 28.6 Å². The van der Waals surface area contributed by atoms with Gasteiger partial charge >= 0.3 is 12.2 Å². The first kappa shape index (κ1) is 20.6. The molecule has 1 aliphatic heterocycles. The molecule has 0 radical (unpaired) electrons. The molecule has 0 saturated carbocycles. The zero-order valence-corrected chi connectivity index (χ0v) is 16.6. The summed E-state index contributed by atoms with van der Waals surface area (Å²) in [6.07, 6.45) is -2.21. The van der Waals surface area contributed by atoms with Crippen molar-refractivity contribution in [3.63, 3.8) is 0 Å². The SMILES string of the molecule is C[C@H]1CCNc2ccc(-c3cccc(C(F)(F)F)c3)nc2N1C(=O)Nc1ccccn1. The highest BCUT2D eigenvalue weighted by atomic mass is 19.4. The van der Waals surface area contributed by atoms with Gasteiger partial charge in [-0.2, -0.15) is 13.2 Å². The van der Waals surface area contributed by atoms with Crippen LogP contribution in [0.25, 0.3) is 11.3 Å². The largest absolute Gasteiger partial charge is 0.416 e. The number of nitrogens with one attached hydrogen (secondary N) is 2. The van der Waals surface area contributed by atoms with Gasteiger partial charge in [0.05, 0.1) is 16.9 Å². The number of hydrogen-bond acceptors (Lipinski definition) is 4. The number of rotatable bonds is 2. The fraction of sp³-hybridized carbons (Fsp3) is 0.227. The Bertz CT molecular complexity index is 1090. The lowest BCUT2D eigenvalue weighted by Gasteiger charge is -2.27. The summed E-state index contributed by atoms with van der Waals surface area (Å²) < 4.78 is 39.4. The van der Waals surface area contributed by atoms with Crippen molar-refractivity contribution in [2.24, 2.45) is 0 Å². The first-order chi connectivity index (χ1) is 14.8. The number of anilines is 3. The number of urea groups is 1. The van der Waals surface area contributed by atoms with Crippen LogP contribution in [0.5, 0.6) is 0 Å². The molecule has 9 heteroatoms. The molecule has 2 N–H and O–H groups in total. The molecule has 2 aromatic heterocycles. The molecular formula is C22H20F3N5O. The maximum absolute atomic E-state index is 13.1. The summed E-state index contributed by atoms with van der Waals surface area (Å²) in [4.78, 5) is 23.3. The van der Waals surface area contributed by atoms with Gasteiger partial charge in [0.25, 0.3) is 0 Å². The number of hydrogen-bond donors (Lipinski definition) is 2. The Balaban J connectivity index is 1.73. The van der Waals surface area contributed by atoms with Crippen LogP contribution in [0.1, 0.15) is 18.9 Å². The van der Waals surface area contributed by atoms with E-state index in [1.54, 1.807) is 42.6 Å². The van der Waals surface area contributed by atoms with Gasteiger partial charge in [0.15, 0.2) is 5.82 Å². The molecule has 0 unspecified atom stereocenters. The molecule has 0 aliphatic carbocycles. The summed E-state index contributed by atoms with van der Waals surface area (Å²) in [5.41, 5.74) is 0.547. The van der Waals surface area contributed by atoms with Crippen LogP contribution in [0.4, 0.5) is 35.3 Å². The van der Waals surface area contributed by atoms with E-state index in [-0.39, 0.29) is 6.04 Å². The minimum absolute atomic E-state index is 0.193. The summed E-state index contributed by atoms with van der Waals surface area (Å²) >= 11 is 0. The van der Waals surface area contributed by atoms with Gasteiger partial charge in [-0.15, -0.1) is 0 Å². The van der Waals surface area contributed by atoms with E-state index in [1.165, 1.54) is 11.0 Å². The quantitative estimate of drug-likeness (QED) is 0.574. The van der Waals surface area contributed by atoms with Crippen molar-refractivity contribution in [2.45, 2.75) is 25.6 Å². The van der Waals surface area contributed by atoms with E-state index in [1.807, 2.05) is 6.92 Å². The Hall–Kier alpha value is -3.62. The third-order valence-electron chi connectivity index (χ3n) is 5.03. The van der Waals surface area contributed by atoms with Gasteiger partial charge in [0, 0.05) is 24.3 Å². The Morgan fingerprint density at radius 3 is 2.74 bits per heavy atom. The molecule has 0 bridgehead atoms. The topological polar surface area (TPSA) is 70.2 Å². The van der Waals surface area contributed by atoms with Crippen molar-refractivity contribution in [1.29, 1.82) is 0 Å². The predicted molar refractivity (Wildman–Crippen MR) is 113 cm³/mol. The van der Waals surface area contributed by atoms with E-state index in [4.69, 9.17) is 0 Å². The fourth-order valence-electron chi connectivity index (χ4n) is 3.44. The minimum atomic E-state index is -4.45. The van der Waals surface area contributed by atoms with Crippen molar-refractivity contribution in [3.05, 3.63) is 66.4 Å². The highest BCUT2D eigenvalue weighted by Crippen LogP contribution is 2.35. The van der Waals surface area contributed by atoms with Crippen LogP contribution in [0.15, 0.2) is 60.8 Å². The monoisotopic (exact) mass is 427 g/mol. The molecule has 6 nitrogen and oxygen atoms in total. The highest BCUT2D eigenvalue weighted by Gasteiger charge is 2.31. The van der Waals surface area contributed by atoms with Gasteiger partial charge in [-0.05, 0) is 49.7 Å². The minimum Gasteiger partial charge on any atom is -0.382 e. The third-order valence-corrected chi connectivity index (χ3v) is 5.03. The molecule has 1 atom stereocenters. The van der Waals surface area contributed by atoms with E-state index in [9.17, 15) is 18.0 Å². The Morgan fingerprint density at radius 2 is 2.00 bits per heavy atom. The van der Waals surface area contributed by atoms with E-state index in [0.29, 0.717) is 41.5 Å². The number of halogens is 3. The molecule has 160 valence electrons. The van der Waals surface area contributed by atoms with E-state index in [0.717, 1.165) is 12.1 Å². The third kappa shape index (κ3) is 4.45. The molecule has 2 amide bonds. The lowest BCUT2D eigenvalue weighted by Crippen LogP contribution is -2.42. The van der Waals surface area contributed by atoms with Gasteiger partial charge in [-0.3, -0.25) is 10.2 Å². The number of benzene rings is 1. The maximum Gasteiger partial charge on any atom is 0.416 e. The summed E-state index contributed by atoms with van der Waals surface area (Å²) in [5, 5.41) is 6.00. The molecule has 0 saturated heterocycles. The van der Waals surface area contributed by atoms with E-state index in [2.05, 4.69) is 20.6 Å². The van der Waals surface area contributed by atoms with Crippen LogP contribution < -0.4 is 15.5 Å². The number of carbonyl (C=O) groups excluding carboxylic acids is 1. The molecular weight excluding hydrogens is 407 g/mol. The Morgan fingerprint density at radius 1 is 1.16 bits per heavy atom. The van der Waals surface area contributed by atoms with Crippen LogP contribution >= 0.6 is 0 Å². The van der Waals surface area contributed by atoms with Crippen molar-refractivity contribution in [3.8, 4) is 11.3 Å². The normalized spacial score (nSPS) is 16.1. The average Bonchev–Trinajstić information content (AvgIpc) is 2.91. The zero-order chi connectivity index (χ0) is 22.0. The summed E-state index contributed by atoms with van der Waals surface area (Å²) in [5.74, 6) is 0.751. The number of aromatic nitrogens is 2. The summed E-state index contributed by atoms with van der Waals surface area (Å²) in [6.45, 7) is 2.53. The van der Waals surface area contributed by atoms with Crippen molar-refractivity contribution in [2.75, 3.05) is 22.1 Å². The molecule has 3 aromatic rings. The molecule has 4 rings (SSSR count). The van der Waals surface area contributed by atoms with Gasteiger partial charge in [-0.25, -0.2) is 14.8 Å². The summed E-state index contributed by atoms with van der Waals surface area (Å²) in [7, 11) is 0. The van der Waals surface area contributed by atoms with Gasteiger partial charge in [0.2, 0.25) is 0 Å². The lowest BCUT2D eigenvalue weighted by molar-refractivity contribution is -0.137. The predicted octanol–water partition coefficient (Wildman–Crippen LogP) is 5.41. The number of amides is 2. The van der Waals surface area contributed by atoms with E-state index >= 15 is 0 Å². The first-order valence-electron chi connectivity index (χ1n) is 9.77. The van der Waals surface area contributed by atoms with Crippen LogP contribution in [0.2, 0.25) is 0 Å². The summed E-state index contributed by atoms with van der Waals surface area (Å²) in [6, 6.07) is 12.9. The molecule has 1 aromatic carbocycles. The number of fused-ring (bicyclic) bond motifs is 1. The Kier molecular flexibility index (Phi) is 5.50. The molecule has 1 aliphatic rings. The smallest absolute Gasteiger partial charge is 0.382 e. The van der Waals surface area contributed by atoms with Crippen molar-refractivity contribution in [1.82, 2.24) is 9.97 Å². The van der Waals surface area contributed by atoms with E-state index < -0.39 is 17.8 Å². The van der Waals surface area contributed by atoms with Crippen molar-refractivity contribution < 1.29 is 18.0 Å². The molecule has 0 spiro atoms. The van der Waals surface area contributed by atoms with Gasteiger partial charge in [0.1, 0.15) is 5.82 Å². The second-order valence-electron chi connectivity index (χ2n) is 7.23. The van der Waals surface area contributed by atoms with Gasteiger partial charge < -0.3 is 5.32 Å². The van der Waals surface area contributed by atoms with Crippen molar-refractivity contribution >= 4 is 23.4 Å². The van der Waals surface area contributed by atoms with Crippen LogP contribution in [0.3, 0.4) is 0 Å². The van der Waals surface area contributed by atoms with Crippen LogP contribution in [0, 0.1) is 0 Å². The maximum atomic E-state index is 13.1. The molecule has 31 heavy (non-hydrogen) atoms. The number of carbonyl (C=O) groups is 1. The number of alkyl halides is 3. The lowest BCUT2D eigenvalue weighted by atomic mass is 10.1. The standard InChI is InChI=1S/C22H20F3N5O/c1-14-10-12-26-18-9-8-17(15-5-4-6-16(13-15)22(23,24)25)28-20(18)30(14)21(31)29-19-7-2-3-11-27-19/h2-9,11,13-14,26H,10,12H2,1H3,(H,27,29,31)/t14-/m0/s1.